The Bertz CT molecular complexity index is 1360. The predicted molar refractivity (Wildman–Crippen MR) is 139 cm³/mol. The number of rotatable bonds is 7. The summed E-state index contributed by atoms with van der Waals surface area (Å²) in [6.45, 7) is 5.81. The van der Waals surface area contributed by atoms with Gasteiger partial charge in [0, 0.05) is 13.1 Å². The number of aliphatic imine (C=N–C) groups is 1. The van der Waals surface area contributed by atoms with E-state index in [2.05, 4.69) is 15.6 Å². The third-order valence-electron chi connectivity index (χ3n) is 4.81. The molecule has 0 atom stereocenters. The quantitative estimate of drug-likeness (QED) is 0.337. The van der Waals surface area contributed by atoms with E-state index in [1.54, 1.807) is 39.0 Å². The minimum atomic E-state index is -4.74. The average molecular weight is 563 g/mol. The number of nitrogens with one attached hydrogen (secondary N) is 2. The van der Waals surface area contributed by atoms with Crippen molar-refractivity contribution in [3.05, 3.63) is 58.0 Å². The maximum Gasteiger partial charge on any atom is 0.420 e. The molecule has 2 aromatic carbocycles. The van der Waals surface area contributed by atoms with Crippen LogP contribution in [0.5, 0.6) is 17.2 Å². The zero-order valence-electron chi connectivity index (χ0n) is 21.4. The van der Waals surface area contributed by atoms with Crippen molar-refractivity contribution in [2.24, 2.45) is 4.99 Å². The fourth-order valence-corrected chi connectivity index (χ4v) is 4.01. The molecule has 0 saturated carbocycles. The Balaban J connectivity index is 1.66. The number of amidine groups is 1. The Morgan fingerprint density at radius 2 is 1.82 bits per heavy atom. The second-order valence-corrected chi connectivity index (χ2v) is 10.1. The van der Waals surface area contributed by atoms with Crippen molar-refractivity contribution in [1.82, 2.24) is 10.6 Å². The Labute approximate surface area is 227 Å². The molecule has 39 heavy (non-hydrogen) atoms. The topological polar surface area (TPSA) is 122 Å². The van der Waals surface area contributed by atoms with Gasteiger partial charge in [-0.1, -0.05) is 6.07 Å². The SMILES string of the molecule is COc1cc(/C=C2/SC(NCCNC(=O)OC(C)(C)C)=NC2=O)ccc1Oc1ccc(C#N)cc1C(F)(F)F. The van der Waals surface area contributed by atoms with E-state index in [-0.39, 0.29) is 23.6 Å². The summed E-state index contributed by atoms with van der Waals surface area (Å²) in [6, 6.07) is 9.14. The number of thioether (sulfide) groups is 1. The second kappa shape index (κ2) is 12.1. The summed E-state index contributed by atoms with van der Waals surface area (Å²) < 4.78 is 56.4. The first-order chi connectivity index (χ1) is 18.3. The van der Waals surface area contributed by atoms with Crippen molar-refractivity contribution >= 4 is 35.0 Å². The fourth-order valence-electron chi connectivity index (χ4n) is 3.17. The first-order valence-electron chi connectivity index (χ1n) is 11.5. The van der Waals surface area contributed by atoms with Crippen molar-refractivity contribution in [1.29, 1.82) is 5.26 Å². The van der Waals surface area contributed by atoms with Crippen molar-refractivity contribution < 1.29 is 37.0 Å². The smallest absolute Gasteiger partial charge is 0.420 e. The Hall–Kier alpha value is -4.18. The van der Waals surface area contributed by atoms with Crippen molar-refractivity contribution in [3.63, 3.8) is 0 Å². The lowest BCUT2D eigenvalue weighted by Gasteiger charge is -2.19. The predicted octanol–water partition coefficient (Wildman–Crippen LogP) is 5.46. The molecule has 0 unspecified atom stereocenters. The lowest BCUT2D eigenvalue weighted by Crippen LogP contribution is -2.37. The Morgan fingerprint density at radius 1 is 1.10 bits per heavy atom. The summed E-state index contributed by atoms with van der Waals surface area (Å²) in [5, 5.41) is 14.8. The number of methoxy groups -OCH3 is 1. The van der Waals surface area contributed by atoms with Gasteiger partial charge < -0.3 is 24.8 Å². The zero-order valence-corrected chi connectivity index (χ0v) is 22.2. The second-order valence-electron chi connectivity index (χ2n) is 9.02. The van der Waals surface area contributed by atoms with Gasteiger partial charge in [-0.05, 0) is 74.5 Å². The molecule has 0 aromatic heterocycles. The molecule has 1 aliphatic heterocycles. The van der Waals surface area contributed by atoms with Crippen LogP contribution in [0.2, 0.25) is 0 Å². The summed E-state index contributed by atoms with van der Waals surface area (Å²) in [5.41, 5.74) is -1.34. The number of hydrogen-bond donors (Lipinski definition) is 2. The van der Waals surface area contributed by atoms with E-state index in [4.69, 9.17) is 19.5 Å². The number of halogens is 3. The summed E-state index contributed by atoms with van der Waals surface area (Å²) in [5.74, 6) is -0.826. The molecular weight excluding hydrogens is 537 g/mol. The molecule has 0 bridgehead atoms. The highest BCUT2D eigenvalue weighted by Crippen LogP contribution is 2.41. The molecule has 1 aliphatic rings. The van der Waals surface area contributed by atoms with Crippen molar-refractivity contribution in [2.75, 3.05) is 20.2 Å². The van der Waals surface area contributed by atoms with Crippen LogP contribution in [0.25, 0.3) is 6.08 Å². The number of ether oxygens (including phenoxy) is 3. The van der Waals surface area contributed by atoms with E-state index >= 15 is 0 Å². The molecule has 2 amide bonds. The van der Waals surface area contributed by atoms with Gasteiger partial charge in [0.1, 0.15) is 11.4 Å². The van der Waals surface area contributed by atoms with Crippen LogP contribution in [0.15, 0.2) is 46.3 Å². The first-order valence-corrected chi connectivity index (χ1v) is 12.3. The number of nitrogens with zero attached hydrogens (tertiary/aromatic N) is 2. The Kier molecular flexibility index (Phi) is 9.13. The van der Waals surface area contributed by atoms with Gasteiger partial charge in [0.05, 0.1) is 29.2 Å². The molecule has 2 N–H and O–H groups in total. The van der Waals surface area contributed by atoms with Crippen LogP contribution in [-0.4, -0.2) is 43.0 Å². The van der Waals surface area contributed by atoms with Gasteiger partial charge in [-0.2, -0.15) is 23.4 Å². The van der Waals surface area contributed by atoms with Gasteiger partial charge in [-0.15, -0.1) is 0 Å². The average Bonchev–Trinajstić information content (AvgIpc) is 3.19. The number of carbonyl (C=O) groups excluding carboxylic acids is 2. The largest absolute Gasteiger partial charge is 0.493 e. The monoisotopic (exact) mass is 562 g/mol. The van der Waals surface area contributed by atoms with Crippen LogP contribution in [0, 0.1) is 11.3 Å². The number of hydrogen-bond acceptors (Lipinski definition) is 8. The van der Waals surface area contributed by atoms with Crippen molar-refractivity contribution in [3.8, 4) is 23.3 Å². The summed E-state index contributed by atoms with van der Waals surface area (Å²) in [7, 11) is 1.33. The zero-order chi connectivity index (χ0) is 28.8. The van der Waals surface area contributed by atoms with E-state index in [0.29, 0.717) is 28.2 Å². The molecule has 0 fully saturated rings. The molecule has 0 radical (unpaired) electrons. The van der Waals surface area contributed by atoms with E-state index in [9.17, 15) is 22.8 Å². The summed E-state index contributed by atoms with van der Waals surface area (Å²) >= 11 is 1.09. The maximum absolute atomic E-state index is 13.5. The highest BCUT2D eigenvalue weighted by Gasteiger charge is 2.35. The summed E-state index contributed by atoms with van der Waals surface area (Å²) in [6.07, 6.45) is -3.74. The molecular formula is C26H25F3N4O5S. The molecule has 206 valence electrons. The number of nitriles is 1. The molecule has 0 spiro atoms. The van der Waals surface area contributed by atoms with E-state index in [1.807, 2.05) is 0 Å². The van der Waals surface area contributed by atoms with Crippen LogP contribution >= 0.6 is 11.8 Å². The lowest BCUT2D eigenvalue weighted by atomic mass is 10.1. The summed E-state index contributed by atoms with van der Waals surface area (Å²) in [4.78, 5) is 28.3. The number of amides is 2. The minimum Gasteiger partial charge on any atom is -0.493 e. The fraction of sp³-hybridized carbons (Fsp3) is 0.308. The number of alkyl halides is 3. The third kappa shape index (κ3) is 8.41. The lowest BCUT2D eigenvalue weighted by molar-refractivity contribution is -0.138. The van der Waals surface area contributed by atoms with Gasteiger partial charge in [0.2, 0.25) is 0 Å². The third-order valence-corrected chi connectivity index (χ3v) is 5.75. The van der Waals surface area contributed by atoms with Gasteiger partial charge >= 0.3 is 12.3 Å². The normalized spacial score (nSPS) is 14.5. The van der Waals surface area contributed by atoms with Crippen LogP contribution in [-0.2, 0) is 15.7 Å². The number of alkyl carbamates (subject to hydrolysis) is 1. The van der Waals surface area contributed by atoms with E-state index < -0.39 is 35.1 Å². The first kappa shape index (κ1) is 29.4. The van der Waals surface area contributed by atoms with Crippen LogP contribution < -0.4 is 20.1 Å². The van der Waals surface area contributed by atoms with Gasteiger partial charge in [-0.3, -0.25) is 4.79 Å². The van der Waals surface area contributed by atoms with Crippen molar-refractivity contribution in [2.45, 2.75) is 32.5 Å². The van der Waals surface area contributed by atoms with E-state index in [1.165, 1.54) is 25.3 Å². The molecule has 9 nitrogen and oxygen atoms in total. The molecule has 3 rings (SSSR count). The number of carbonyl (C=O) groups is 2. The molecule has 0 saturated heterocycles. The molecule has 1 heterocycles. The minimum absolute atomic E-state index is 0.0105. The van der Waals surface area contributed by atoms with E-state index in [0.717, 1.165) is 17.8 Å². The number of benzene rings is 2. The van der Waals surface area contributed by atoms with Gasteiger partial charge in [-0.25, -0.2) is 4.79 Å². The molecule has 13 heteroatoms. The Morgan fingerprint density at radius 3 is 2.46 bits per heavy atom. The molecule has 0 aliphatic carbocycles. The van der Waals surface area contributed by atoms with Gasteiger partial charge in [0.15, 0.2) is 16.7 Å². The standard InChI is InChI=1S/C26H25F3N4O5S/c1-25(2,3)38-24(35)32-10-9-31-23-33-22(34)21(39-23)13-15-5-8-19(20(12-15)36-4)37-18-7-6-16(14-30)11-17(18)26(27,28)29/h5-8,11-13H,9-10H2,1-4H3,(H,32,35)(H,31,33,34)/b21-13+. The maximum atomic E-state index is 13.5. The molecule has 2 aromatic rings. The highest BCUT2D eigenvalue weighted by atomic mass is 32.2. The highest BCUT2D eigenvalue weighted by molar-refractivity contribution is 8.18. The van der Waals surface area contributed by atoms with Crippen LogP contribution in [0.4, 0.5) is 18.0 Å². The van der Waals surface area contributed by atoms with Crippen LogP contribution in [0.1, 0.15) is 37.5 Å². The van der Waals surface area contributed by atoms with Gasteiger partial charge in [0.25, 0.3) is 5.91 Å². The van der Waals surface area contributed by atoms with Crippen LogP contribution in [0.3, 0.4) is 0 Å².